The van der Waals surface area contributed by atoms with Crippen molar-refractivity contribution >= 4 is 22.8 Å². The van der Waals surface area contributed by atoms with Crippen molar-refractivity contribution in [1.82, 2.24) is 30.0 Å². The number of amides is 2. The van der Waals surface area contributed by atoms with Crippen LogP contribution in [0.1, 0.15) is 33.7 Å². The molecule has 3 aromatic rings. The number of hydrogen-bond acceptors (Lipinski definition) is 4. The van der Waals surface area contributed by atoms with E-state index < -0.39 is 6.04 Å². The van der Waals surface area contributed by atoms with E-state index in [0.29, 0.717) is 19.5 Å². The van der Waals surface area contributed by atoms with Crippen LogP contribution in [-0.4, -0.2) is 56.1 Å². The van der Waals surface area contributed by atoms with Gasteiger partial charge in [0, 0.05) is 13.6 Å². The number of carbonyl (C=O) groups is 2. The Labute approximate surface area is 156 Å². The SMILES string of the molecule is Cc1cc2ncn(Cc3cc(C(=O)NC4CCN(C)C4=O)n[nH]3)c2cc1C. The lowest BCUT2D eigenvalue weighted by Gasteiger charge is -2.10. The van der Waals surface area contributed by atoms with Gasteiger partial charge in [0.15, 0.2) is 0 Å². The molecule has 0 saturated carbocycles. The summed E-state index contributed by atoms with van der Waals surface area (Å²) in [7, 11) is 1.74. The molecule has 1 fully saturated rings. The quantitative estimate of drug-likeness (QED) is 0.729. The lowest BCUT2D eigenvalue weighted by atomic mass is 10.1. The molecule has 0 spiro atoms. The van der Waals surface area contributed by atoms with Gasteiger partial charge in [-0.15, -0.1) is 0 Å². The lowest BCUT2D eigenvalue weighted by Crippen LogP contribution is -2.40. The number of H-pyrrole nitrogens is 1. The summed E-state index contributed by atoms with van der Waals surface area (Å²) in [6.07, 6.45) is 2.41. The Kier molecular flexibility index (Phi) is 4.18. The molecule has 3 heterocycles. The number of fused-ring (bicyclic) bond motifs is 1. The first kappa shape index (κ1) is 17.3. The number of carbonyl (C=O) groups excluding carboxylic acids is 2. The van der Waals surface area contributed by atoms with E-state index in [-0.39, 0.29) is 17.5 Å². The third-order valence-electron chi connectivity index (χ3n) is 5.17. The fourth-order valence-corrected chi connectivity index (χ4v) is 3.37. The van der Waals surface area contributed by atoms with Gasteiger partial charge < -0.3 is 14.8 Å². The average molecular weight is 366 g/mol. The van der Waals surface area contributed by atoms with Crippen LogP contribution < -0.4 is 5.32 Å². The van der Waals surface area contributed by atoms with Gasteiger partial charge in [-0.2, -0.15) is 5.10 Å². The van der Waals surface area contributed by atoms with Gasteiger partial charge in [-0.25, -0.2) is 4.98 Å². The topological polar surface area (TPSA) is 95.9 Å². The molecule has 1 aliphatic rings. The van der Waals surface area contributed by atoms with E-state index >= 15 is 0 Å². The van der Waals surface area contributed by atoms with Gasteiger partial charge in [-0.1, -0.05) is 0 Å². The third kappa shape index (κ3) is 3.18. The van der Waals surface area contributed by atoms with Gasteiger partial charge in [0.1, 0.15) is 11.7 Å². The minimum atomic E-state index is -0.466. The molecule has 1 saturated heterocycles. The highest BCUT2D eigenvalue weighted by Crippen LogP contribution is 2.19. The number of imidazole rings is 1. The summed E-state index contributed by atoms with van der Waals surface area (Å²) in [5.74, 6) is -0.400. The molecule has 1 aromatic carbocycles. The molecule has 1 unspecified atom stereocenters. The van der Waals surface area contributed by atoms with Crippen LogP contribution in [0.25, 0.3) is 11.0 Å². The number of hydrogen-bond donors (Lipinski definition) is 2. The average Bonchev–Trinajstić information content (AvgIpc) is 3.33. The molecule has 0 aliphatic carbocycles. The van der Waals surface area contributed by atoms with Crippen molar-refractivity contribution in [3.05, 3.63) is 47.0 Å². The van der Waals surface area contributed by atoms with Crippen LogP contribution in [0.3, 0.4) is 0 Å². The molecule has 4 rings (SSSR count). The number of likely N-dealkylation sites (N-methyl/N-ethyl adjacent to an activating group) is 1. The number of aromatic nitrogens is 4. The second kappa shape index (κ2) is 6.53. The number of rotatable bonds is 4. The van der Waals surface area contributed by atoms with Gasteiger partial charge in [-0.3, -0.25) is 14.7 Å². The lowest BCUT2D eigenvalue weighted by molar-refractivity contribution is -0.128. The molecule has 0 bridgehead atoms. The summed E-state index contributed by atoms with van der Waals surface area (Å²) in [5.41, 5.74) is 5.48. The predicted octanol–water partition coefficient (Wildman–Crippen LogP) is 1.39. The number of nitrogens with zero attached hydrogens (tertiary/aromatic N) is 4. The Morgan fingerprint density at radius 1 is 1.30 bits per heavy atom. The molecule has 1 atom stereocenters. The van der Waals surface area contributed by atoms with Crippen LogP contribution in [0.4, 0.5) is 0 Å². The minimum absolute atomic E-state index is 0.0605. The molecule has 8 heteroatoms. The van der Waals surface area contributed by atoms with Crippen LogP contribution in [0.5, 0.6) is 0 Å². The molecule has 1 aliphatic heterocycles. The largest absolute Gasteiger partial charge is 0.344 e. The first-order chi connectivity index (χ1) is 12.9. The normalized spacial score (nSPS) is 17.1. The summed E-state index contributed by atoms with van der Waals surface area (Å²) >= 11 is 0. The first-order valence-corrected chi connectivity index (χ1v) is 8.94. The summed E-state index contributed by atoms with van der Waals surface area (Å²) < 4.78 is 2.02. The molecule has 2 N–H and O–H groups in total. The summed E-state index contributed by atoms with van der Waals surface area (Å²) in [6, 6.07) is 5.43. The van der Waals surface area contributed by atoms with E-state index in [0.717, 1.165) is 16.7 Å². The summed E-state index contributed by atoms with van der Waals surface area (Å²) in [5, 5.41) is 9.76. The number of nitrogens with one attached hydrogen (secondary N) is 2. The van der Waals surface area contributed by atoms with Gasteiger partial charge in [-0.05, 0) is 49.6 Å². The number of benzene rings is 1. The zero-order valence-corrected chi connectivity index (χ0v) is 15.6. The number of aryl methyl sites for hydroxylation is 2. The zero-order valence-electron chi connectivity index (χ0n) is 15.6. The Morgan fingerprint density at radius 3 is 2.81 bits per heavy atom. The minimum Gasteiger partial charge on any atom is -0.344 e. The van der Waals surface area contributed by atoms with Crippen molar-refractivity contribution in [1.29, 1.82) is 0 Å². The van der Waals surface area contributed by atoms with Crippen LogP contribution in [-0.2, 0) is 11.3 Å². The molecular formula is C19H22N6O2. The first-order valence-electron chi connectivity index (χ1n) is 8.94. The van der Waals surface area contributed by atoms with Crippen LogP contribution in [0.15, 0.2) is 24.5 Å². The van der Waals surface area contributed by atoms with Crippen molar-refractivity contribution in [2.24, 2.45) is 0 Å². The van der Waals surface area contributed by atoms with Gasteiger partial charge >= 0.3 is 0 Å². The zero-order chi connectivity index (χ0) is 19.1. The Hall–Kier alpha value is -3.16. The van der Waals surface area contributed by atoms with E-state index in [1.165, 1.54) is 11.1 Å². The van der Waals surface area contributed by atoms with E-state index in [1.807, 2.05) is 4.57 Å². The maximum Gasteiger partial charge on any atom is 0.272 e. The van der Waals surface area contributed by atoms with E-state index in [4.69, 9.17) is 0 Å². The molecule has 2 amide bonds. The molecule has 0 radical (unpaired) electrons. The highest BCUT2D eigenvalue weighted by molar-refractivity contribution is 5.96. The molecule has 140 valence electrons. The van der Waals surface area contributed by atoms with E-state index in [1.54, 1.807) is 24.3 Å². The van der Waals surface area contributed by atoms with Crippen molar-refractivity contribution in [2.45, 2.75) is 32.9 Å². The van der Waals surface area contributed by atoms with Crippen LogP contribution >= 0.6 is 0 Å². The van der Waals surface area contributed by atoms with Crippen molar-refractivity contribution < 1.29 is 9.59 Å². The maximum absolute atomic E-state index is 12.4. The molecule has 2 aromatic heterocycles. The Balaban J connectivity index is 1.49. The molecule has 27 heavy (non-hydrogen) atoms. The predicted molar refractivity (Wildman–Crippen MR) is 100 cm³/mol. The smallest absolute Gasteiger partial charge is 0.272 e. The Bertz CT molecular complexity index is 1030. The highest BCUT2D eigenvalue weighted by atomic mass is 16.2. The van der Waals surface area contributed by atoms with E-state index in [9.17, 15) is 9.59 Å². The van der Waals surface area contributed by atoms with Gasteiger partial charge in [0.05, 0.1) is 29.6 Å². The van der Waals surface area contributed by atoms with Crippen molar-refractivity contribution in [3.63, 3.8) is 0 Å². The molecule has 8 nitrogen and oxygen atoms in total. The van der Waals surface area contributed by atoms with Crippen molar-refractivity contribution in [2.75, 3.05) is 13.6 Å². The van der Waals surface area contributed by atoms with Crippen molar-refractivity contribution in [3.8, 4) is 0 Å². The second-order valence-electron chi connectivity index (χ2n) is 7.15. The molecular weight excluding hydrogens is 344 g/mol. The maximum atomic E-state index is 12.4. The van der Waals surface area contributed by atoms with Gasteiger partial charge in [0.25, 0.3) is 5.91 Å². The summed E-state index contributed by atoms with van der Waals surface area (Å²) in [6.45, 7) is 5.33. The number of likely N-dealkylation sites (tertiary alicyclic amines) is 1. The summed E-state index contributed by atoms with van der Waals surface area (Å²) in [4.78, 5) is 30.4. The van der Waals surface area contributed by atoms with Crippen LogP contribution in [0, 0.1) is 13.8 Å². The van der Waals surface area contributed by atoms with Crippen LogP contribution in [0.2, 0.25) is 0 Å². The fraction of sp³-hybridized carbons (Fsp3) is 0.368. The monoisotopic (exact) mass is 366 g/mol. The standard InChI is InChI=1S/C19H22N6O2/c1-11-6-15-17(7-12(11)2)25(10-20-15)9-13-8-16(23-22-13)18(26)21-14-4-5-24(3)19(14)27/h6-8,10,14H,4-5,9H2,1-3H3,(H,21,26)(H,22,23). The second-order valence-corrected chi connectivity index (χ2v) is 7.15. The Morgan fingerprint density at radius 2 is 2.07 bits per heavy atom. The third-order valence-corrected chi connectivity index (χ3v) is 5.17. The number of aromatic amines is 1. The fourth-order valence-electron chi connectivity index (χ4n) is 3.37. The van der Waals surface area contributed by atoms with E-state index in [2.05, 4.69) is 46.5 Å². The van der Waals surface area contributed by atoms with Gasteiger partial charge in [0.2, 0.25) is 5.91 Å². The highest BCUT2D eigenvalue weighted by Gasteiger charge is 2.30.